The standard InChI is InChI=1S/C30H24N2O3S/c1-19-10-8-15-22(18-19)31-29(34)27-24(20-11-4-2-5-12-20)25(28(33)21-13-6-3-7-14-21)26(32(27)30(31)35)23-16-9-17-36-23/h2-18,24-27H,1H3. The van der Waals surface area contributed by atoms with Gasteiger partial charge >= 0.3 is 6.03 Å². The molecule has 6 rings (SSSR count). The molecular weight excluding hydrogens is 468 g/mol. The zero-order valence-electron chi connectivity index (χ0n) is 19.7. The second-order valence-corrected chi connectivity index (χ2v) is 10.3. The number of hydrogen-bond acceptors (Lipinski definition) is 4. The van der Waals surface area contributed by atoms with Crippen LogP contribution in [0.15, 0.2) is 102 Å². The van der Waals surface area contributed by atoms with Gasteiger partial charge in [0, 0.05) is 16.4 Å². The maximum Gasteiger partial charge on any atom is 0.332 e. The third-order valence-electron chi connectivity index (χ3n) is 7.19. The highest BCUT2D eigenvalue weighted by molar-refractivity contribution is 7.10. The summed E-state index contributed by atoms with van der Waals surface area (Å²) in [5.41, 5.74) is 2.99. The largest absolute Gasteiger partial charge is 0.332 e. The summed E-state index contributed by atoms with van der Waals surface area (Å²) in [6.07, 6.45) is 0. The Morgan fingerprint density at radius 1 is 0.806 bits per heavy atom. The molecule has 4 atom stereocenters. The van der Waals surface area contributed by atoms with Crippen LogP contribution in [0.5, 0.6) is 0 Å². The van der Waals surface area contributed by atoms with Crippen LogP contribution in [0.4, 0.5) is 10.5 Å². The van der Waals surface area contributed by atoms with E-state index in [4.69, 9.17) is 0 Å². The molecule has 0 bridgehead atoms. The second kappa shape index (κ2) is 8.88. The van der Waals surface area contributed by atoms with E-state index in [1.54, 1.807) is 11.0 Å². The lowest BCUT2D eigenvalue weighted by Gasteiger charge is -2.28. The van der Waals surface area contributed by atoms with Crippen molar-refractivity contribution in [2.24, 2.45) is 5.92 Å². The monoisotopic (exact) mass is 492 g/mol. The summed E-state index contributed by atoms with van der Waals surface area (Å²) >= 11 is 1.51. The average Bonchev–Trinajstić information content (AvgIpc) is 3.61. The fourth-order valence-electron chi connectivity index (χ4n) is 5.71. The summed E-state index contributed by atoms with van der Waals surface area (Å²) in [7, 11) is 0. The van der Waals surface area contributed by atoms with Crippen molar-refractivity contribution in [3.63, 3.8) is 0 Å². The van der Waals surface area contributed by atoms with Gasteiger partial charge in [0.05, 0.1) is 17.6 Å². The van der Waals surface area contributed by atoms with Gasteiger partial charge in [-0.25, -0.2) is 9.69 Å². The van der Waals surface area contributed by atoms with E-state index in [1.165, 1.54) is 16.2 Å². The number of imide groups is 1. The topological polar surface area (TPSA) is 57.7 Å². The number of hydrogen-bond donors (Lipinski definition) is 0. The smallest absolute Gasteiger partial charge is 0.303 e. The van der Waals surface area contributed by atoms with Gasteiger partial charge in [-0.05, 0) is 41.6 Å². The summed E-state index contributed by atoms with van der Waals surface area (Å²) in [6, 6.07) is 28.5. The third-order valence-corrected chi connectivity index (χ3v) is 8.14. The maximum absolute atomic E-state index is 14.1. The number of thiophene rings is 1. The summed E-state index contributed by atoms with van der Waals surface area (Å²) in [6.45, 7) is 1.94. The number of anilines is 1. The van der Waals surface area contributed by atoms with Crippen molar-refractivity contribution in [2.45, 2.75) is 24.9 Å². The Bertz CT molecular complexity index is 1440. The first-order chi connectivity index (χ1) is 17.6. The molecule has 3 amide bonds. The first kappa shape index (κ1) is 22.4. The third kappa shape index (κ3) is 3.48. The fourth-order valence-corrected chi connectivity index (χ4v) is 6.58. The quantitative estimate of drug-likeness (QED) is 0.245. The zero-order chi connectivity index (χ0) is 24.8. The van der Waals surface area contributed by atoms with Crippen LogP contribution in [-0.4, -0.2) is 28.7 Å². The number of rotatable bonds is 5. The van der Waals surface area contributed by atoms with Crippen LogP contribution in [0.1, 0.15) is 38.3 Å². The molecule has 0 aliphatic carbocycles. The molecule has 4 aromatic rings. The van der Waals surface area contributed by atoms with Crippen LogP contribution < -0.4 is 4.90 Å². The first-order valence-corrected chi connectivity index (χ1v) is 12.8. The van der Waals surface area contributed by atoms with Gasteiger partial charge in [-0.15, -0.1) is 11.3 Å². The Morgan fingerprint density at radius 2 is 1.53 bits per heavy atom. The molecule has 2 aliphatic rings. The van der Waals surface area contributed by atoms with Gasteiger partial charge in [-0.3, -0.25) is 9.59 Å². The minimum atomic E-state index is -0.773. The maximum atomic E-state index is 14.1. The molecule has 3 aromatic carbocycles. The Kier molecular flexibility index (Phi) is 5.53. The highest BCUT2D eigenvalue weighted by atomic mass is 32.1. The number of ketones is 1. The van der Waals surface area contributed by atoms with E-state index in [2.05, 4.69) is 0 Å². The van der Waals surface area contributed by atoms with Gasteiger partial charge in [0.1, 0.15) is 6.04 Å². The molecule has 5 nitrogen and oxygen atoms in total. The highest BCUT2D eigenvalue weighted by Crippen LogP contribution is 2.55. The summed E-state index contributed by atoms with van der Waals surface area (Å²) < 4.78 is 0. The van der Waals surface area contributed by atoms with E-state index in [9.17, 15) is 14.4 Å². The minimum absolute atomic E-state index is 0.0556. The van der Waals surface area contributed by atoms with E-state index < -0.39 is 23.9 Å². The number of aryl methyl sites for hydroxylation is 1. The van der Waals surface area contributed by atoms with Gasteiger partial charge in [0.15, 0.2) is 5.78 Å². The van der Waals surface area contributed by atoms with E-state index >= 15 is 0 Å². The number of carbonyl (C=O) groups excluding carboxylic acids is 3. The number of nitrogens with zero attached hydrogens (tertiary/aromatic N) is 2. The fraction of sp³-hybridized carbons (Fsp3) is 0.167. The lowest BCUT2D eigenvalue weighted by atomic mass is 9.77. The molecule has 0 spiro atoms. The summed E-state index contributed by atoms with van der Waals surface area (Å²) in [4.78, 5) is 46.1. The van der Waals surface area contributed by atoms with Gasteiger partial charge in [-0.2, -0.15) is 0 Å². The number of carbonyl (C=O) groups is 3. The van der Waals surface area contributed by atoms with Crippen LogP contribution in [0.2, 0.25) is 0 Å². The summed E-state index contributed by atoms with van der Waals surface area (Å²) in [5.74, 6) is -1.41. The Morgan fingerprint density at radius 3 is 2.19 bits per heavy atom. The van der Waals surface area contributed by atoms with E-state index in [1.807, 2.05) is 103 Å². The SMILES string of the molecule is Cc1cccc(N2C(=O)C3C(c4ccccc4)C(C(=O)c4ccccc4)C(c4cccs4)N3C2=O)c1. The van der Waals surface area contributed by atoms with Crippen molar-refractivity contribution < 1.29 is 14.4 Å². The normalized spacial score (nSPS) is 23.2. The molecule has 2 fully saturated rings. The van der Waals surface area contributed by atoms with Crippen molar-refractivity contribution >= 4 is 34.7 Å². The molecule has 0 saturated carbocycles. The summed E-state index contributed by atoms with van der Waals surface area (Å²) in [5, 5.41) is 1.95. The van der Waals surface area contributed by atoms with Crippen LogP contribution >= 0.6 is 11.3 Å². The van der Waals surface area contributed by atoms with Crippen molar-refractivity contribution in [3.8, 4) is 0 Å². The number of amides is 3. The number of urea groups is 1. The van der Waals surface area contributed by atoms with E-state index in [-0.39, 0.29) is 17.7 Å². The Balaban J connectivity index is 1.55. The molecule has 6 heteroatoms. The lowest BCUT2D eigenvalue weighted by molar-refractivity contribution is -0.119. The number of benzene rings is 3. The molecule has 0 N–H and O–H groups in total. The highest BCUT2D eigenvalue weighted by Gasteiger charge is 2.63. The van der Waals surface area contributed by atoms with Crippen molar-refractivity contribution in [3.05, 3.63) is 124 Å². The Labute approximate surface area is 213 Å². The molecule has 4 unspecified atom stereocenters. The van der Waals surface area contributed by atoms with Gasteiger partial charge in [-0.1, -0.05) is 78.9 Å². The van der Waals surface area contributed by atoms with Crippen LogP contribution in [0.3, 0.4) is 0 Å². The second-order valence-electron chi connectivity index (χ2n) is 9.30. The Hall–Kier alpha value is -4.03. The predicted octanol–water partition coefficient (Wildman–Crippen LogP) is 6.23. The van der Waals surface area contributed by atoms with Crippen LogP contribution in [0, 0.1) is 12.8 Å². The van der Waals surface area contributed by atoms with E-state index in [0.29, 0.717) is 11.3 Å². The number of fused-ring (bicyclic) bond motifs is 1. The minimum Gasteiger partial charge on any atom is -0.303 e. The van der Waals surface area contributed by atoms with Gasteiger partial charge in [0.2, 0.25) is 0 Å². The van der Waals surface area contributed by atoms with Gasteiger partial charge < -0.3 is 4.90 Å². The molecular formula is C30H24N2O3S. The molecule has 2 aliphatic heterocycles. The average molecular weight is 493 g/mol. The molecule has 178 valence electrons. The van der Waals surface area contributed by atoms with Gasteiger partial charge in [0.25, 0.3) is 5.91 Å². The molecule has 1 aromatic heterocycles. The zero-order valence-corrected chi connectivity index (χ0v) is 20.5. The molecule has 36 heavy (non-hydrogen) atoms. The van der Waals surface area contributed by atoms with Crippen molar-refractivity contribution in [1.82, 2.24) is 4.90 Å². The lowest BCUT2D eigenvalue weighted by Crippen LogP contribution is -2.38. The number of Topliss-reactive ketones (excluding diaryl/α,β-unsaturated/α-hetero) is 1. The van der Waals surface area contributed by atoms with Crippen molar-refractivity contribution in [2.75, 3.05) is 4.90 Å². The van der Waals surface area contributed by atoms with Crippen molar-refractivity contribution in [1.29, 1.82) is 0 Å². The van der Waals surface area contributed by atoms with Crippen LogP contribution in [-0.2, 0) is 4.79 Å². The van der Waals surface area contributed by atoms with E-state index in [0.717, 1.165) is 16.0 Å². The first-order valence-electron chi connectivity index (χ1n) is 12.0. The molecule has 3 heterocycles. The molecule has 2 saturated heterocycles. The molecule has 0 radical (unpaired) electrons. The predicted molar refractivity (Wildman–Crippen MR) is 140 cm³/mol. The van der Waals surface area contributed by atoms with Crippen LogP contribution in [0.25, 0.3) is 0 Å².